The fraction of sp³-hybridized carbons (Fsp3) is 0.250. The third kappa shape index (κ3) is 5.17. The van der Waals surface area contributed by atoms with Gasteiger partial charge in [0, 0.05) is 12.8 Å². The summed E-state index contributed by atoms with van der Waals surface area (Å²) in [6.07, 6.45) is 3.13. The maximum atomic E-state index is 11.1. The molecule has 0 saturated heterocycles. The number of alkyl carbamates (subject to hydrolysis) is 1. The van der Waals surface area contributed by atoms with E-state index in [9.17, 15) is 4.79 Å². The molecule has 0 atom stereocenters. The summed E-state index contributed by atoms with van der Waals surface area (Å²) in [5, 5.41) is 10.9. The Bertz CT molecular complexity index is 335. The monoisotopic (exact) mass is 221 g/mol. The summed E-state index contributed by atoms with van der Waals surface area (Å²) < 4.78 is 4.94. The summed E-state index contributed by atoms with van der Waals surface area (Å²) >= 11 is 0. The number of aliphatic hydroxyl groups excluding tert-OH is 1. The van der Waals surface area contributed by atoms with Crippen LogP contribution in [0, 0.1) is 0 Å². The maximum absolute atomic E-state index is 11.1. The molecule has 4 nitrogen and oxygen atoms in total. The number of hydrogen-bond acceptors (Lipinski definition) is 3. The first kappa shape index (κ1) is 12.3. The second-order valence-corrected chi connectivity index (χ2v) is 3.12. The molecule has 0 aliphatic carbocycles. The molecule has 16 heavy (non-hydrogen) atoms. The van der Waals surface area contributed by atoms with Crippen molar-refractivity contribution in [1.29, 1.82) is 0 Å². The molecule has 1 rings (SSSR count). The van der Waals surface area contributed by atoms with Crippen molar-refractivity contribution in [2.45, 2.75) is 13.0 Å². The van der Waals surface area contributed by atoms with Gasteiger partial charge in [0.1, 0.15) is 6.61 Å². The van der Waals surface area contributed by atoms with Crippen molar-refractivity contribution in [2.75, 3.05) is 6.61 Å². The van der Waals surface area contributed by atoms with Crippen LogP contribution in [0.25, 0.3) is 0 Å². The predicted octanol–water partition coefficient (Wildman–Crippen LogP) is 1.81. The van der Waals surface area contributed by atoms with Crippen molar-refractivity contribution < 1.29 is 14.6 Å². The molecule has 0 spiro atoms. The van der Waals surface area contributed by atoms with Crippen LogP contribution < -0.4 is 5.32 Å². The summed E-state index contributed by atoms with van der Waals surface area (Å²) in [6, 6.07) is 9.44. The van der Waals surface area contributed by atoms with Gasteiger partial charge in [-0.3, -0.25) is 5.32 Å². The van der Waals surface area contributed by atoms with Crippen LogP contribution in [0.1, 0.15) is 12.0 Å². The van der Waals surface area contributed by atoms with E-state index in [0.717, 1.165) is 5.56 Å². The lowest BCUT2D eigenvalue weighted by atomic mass is 10.2. The lowest BCUT2D eigenvalue weighted by molar-refractivity contribution is 0.143. The van der Waals surface area contributed by atoms with Gasteiger partial charge in [-0.2, -0.15) is 0 Å². The molecule has 0 heterocycles. The second-order valence-electron chi connectivity index (χ2n) is 3.12. The maximum Gasteiger partial charge on any atom is 0.411 e. The average molecular weight is 221 g/mol. The molecule has 0 aliphatic heterocycles. The molecule has 0 radical (unpaired) electrons. The van der Waals surface area contributed by atoms with Gasteiger partial charge in [-0.05, 0) is 12.0 Å². The van der Waals surface area contributed by atoms with Crippen LogP contribution in [0.2, 0.25) is 0 Å². The minimum Gasteiger partial charge on any atom is -0.444 e. The highest BCUT2D eigenvalue weighted by Crippen LogP contribution is 2.00. The Morgan fingerprint density at radius 2 is 2.12 bits per heavy atom. The molecule has 4 heteroatoms. The zero-order valence-electron chi connectivity index (χ0n) is 8.93. The first-order valence-corrected chi connectivity index (χ1v) is 5.06. The first-order chi connectivity index (χ1) is 7.83. The van der Waals surface area contributed by atoms with Crippen LogP contribution in [0.4, 0.5) is 4.79 Å². The van der Waals surface area contributed by atoms with E-state index < -0.39 is 6.09 Å². The van der Waals surface area contributed by atoms with Gasteiger partial charge in [0.2, 0.25) is 0 Å². The summed E-state index contributed by atoms with van der Waals surface area (Å²) in [4.78, 5) is 11.1. The van der Waals surface area contributed by atoms with Gasteiger partial charge in [-0.25, -0.2) is 4.79 Å². The number of rotatable bonds is 5. The molecular formula is C12H15NO3. The molecular weight excluding hydrogens is 206 g/mol. The van der Waals surface area contributed by atoms with E-state index in [2.05, 4.69) is 5.32 Å². The van der Waals surface area contributed by atoms with Gasteiger partial charge < -0.3 is 9.84 Å². The first-order valence-electron chi connectivity index (χ1n) is 5.06. The Balaban J connectivity index is 2.20. The van der Waals surface area contributed by atoms with E-state index in [0.29, 0.717) is 6.42 Å². The van der Waals surface area contributed by atoms with E-state index in [1.165, 1.54) is 6.20 Å². The van der Waals surface area contributed by atoms with Crippen molar-refractivity contribution >= 4 is 6.09 Å². The fourth-order valence-electron chi connectivity index (χ4n) is 1.05. The third-order valence-electron chi connectivity index (χ3n) is 1.83. The Kier molecular flexibility index (Phi) is 5.73. The largest absolute Gasteiger partial charge is 0.444 e. The third-order valence-corrected chi connectivity index (χ3v) is 1.83. The molecule has 1 aromatic carbocycles. The topological polar surface area (TPSA) is 58.6 Å². The normalized spacial score (nSPS) is 10.3. The Labute approximate surface area is 94.6 Å². The van der Waals surface area contributed by atoms with E-state index in [-0.39, 0.29) is 13.2 Å². The van der Waals surface area contributed by atoms with Gasteiger partial charge in [-0.1, -0.05) is 36.4 Å². The van der Waals surface area contributed by atoms with E-state index >= 15 is 0 Å². The molecule has 0 fully saturated rings. The number of amides is 1. The number of nitrogens with one attached hydrogen (secondary N) is 1. The lowest BCUT2D eigenvalue weighted by Crippen LogP contribution is -2.18. The molecule has 2 N–H and O–H groups in total. The van der Waals surface area contributed by atoms with E-state index in [1.54, 1.807) is 6.08 Å². The minimum absolute atomic E-state index is 0.0667. The Morgan fingerprint density at radius 3 is 2.81 bits per heavy atom. The quantitative estimate of drug-likeness (QED) is 0.797. The van der Waals surface area contributed by atoms with Crippen molar-refractivity contribution in [1.82, 2.24) is 5.32 Å². The number of hydrogen-bond donors (Lipinski definition) is 2. The Morgan fingerprint density at radius 1 is 1.38 bits per heavy atom. The van der Waals surface area contributed by atoms with Gasteiger partial charge >= 0.3 is 6.09 Å². The molecule has 0 saturated carbocycles. The number of benzene rings is 1. The zero-order chi connectivity index (χ0) is 11.6. The summed E-state index contributed by atoms with van der Waals surface area (Å²) in [5.74, 6) is 0. The smallest absolute Gasteiger partial charge is 0.411 e. The standard InChI is InChI=1S/C12H15NO3/c14-9-5-4-8-13-12(15)16-10-11-6-2-1-3-7-11/h1-4,6-8,14H,5,9-10H2,(H,13,15)/b8-4+. The summed E-state index contributed by atoms with van der Waals surface area (Å²) in [6.45, 7) is 0.317. The molecule has 0 aromatic heterocycles. The summed E-state index contributed by atoms with van der Waals surface area (Å²) in [7, 11) is 0. The molecule has 0 unspecified atom stereocenters. The highest BCUT2D eigenvalue weighted by atomic mass is 16.5. The van der Waals surface area contributed by atoms with Crippen molar-refractivity contribution in [3.8, 4) is 0 Å². The number of aliphatic hydroxyl groups is 1. The van der Waals surface area contributed by atoms with Crippen molar-refractivity contribution in [3.63, 3.8) is 0 Å². The molecule has 1 aromatic rings. The minimum atomic E-state index is -0.502. The molecule has 1 amide bonds. The van der Waals surface area contributed by atoms with Crippen LogP contribution in [0.15, 0.2) is 42.6 Å². The van der Waals surface area contributed by atoms with Gasteiger partial charge in [0.05, 0.1) is 0 Å². The van der Waals surface area contributed by atoms with Crippen LogP contribution >= 0.6 is 0 Å². The predicted molar refractivity (Wildman–Crippen MR) is 60.6 cm³/mol. The average Bonchev–Trinajstić information content (AvgIpc) is 2.33. The van der Waals surface area contributed by atoms with Crippen LogP contribution in [-0.4, -0.2) is 17.8 Å². The summed E-state index contributed by atoms with van der Waals surface area (Å²) in [5.41, 5.74) is 0.942. The van der Waals surface area contributed by atoms with Crippen molar-refractivity contribution in [2.24, 2.45) is 0 Å². The molecule has 0 bridgehead atoms. The van der Waals surface area contributed by atoms with Crippen LogP contribution in [0.3, 0.4) is 0 Å². The highest BCUT2D eigenvalue weighted by molar-refractivity contribution is 5.68. The molecule has 86 valence electrons. The Hall–Kier alpha value is -1.81. The zero-order valence-corrected chi connectivity index (χ0v) is 8.93. The number of ether oxygens (including phenoxy) is 1. The van der Waals surface area contributed by atoms with Crippen LogP contribution in [0.5, 0.6) is 0 Å². The number of carbonyl (C=O) groups is 1. The molecule has 0 aliphatic rings. The number of carbonyl (C=O) groups excluding carboxylic acids is 1. The second kappa shape index (κ2) is 7.48. The van der Waals surface area contributed by atoms with Crippen molar-refractivity contribution in [3.05, 3.63) is 48.2 Å². The van der Waals surface area contributed by atoms with Gasteiger partial charge in [-0.15, -0.1) is 0 Å². The van der Waals surface area contributed by atoms with E-state index in [4.69, 9.17) is 9.84 Å². The van der Waals surface area contributed by atoms with Gasteiger partial charge in [0.25, 0.3) is 0 Å². The van der Waals surface area contributed by atoms with Gasteiger partial charge in [0.15, 0.2) is 0 Å². The van der Waals surface area contributed by atoms with Crippen LogP contribution in [-0.2, 0) is 11.3 Å². The SMILES string of the molecule is O=C(N/C=C/CCO)OCc1ccccc1. The van der Waals surface area contributed by atoms with E-state index in [1.807, 2.05) is 30.3 Å². The highest BCUT2D eigenvalue weighted by Gasteiger charge is 1.98. The lowest BCUT2D eigenvalue weighted by Gasteiger charge is -2.03. The fourth-order valence-corrected chi connectivity index (χ4v) is 1.05.